The minimum Gasteiger partial charge on any atom is -0.469 e. The van der Waals surface area contributed by atoms with Crippen molar-refractivity contribution in [1.29, 1.82) is 0 Å². The first-order valence-electron chi connectivity index (χ1n) is 6.74. The maximum atomic E-state index is 5.67. The minimum atomic E-state index is 0.0455. The molecule has 0 amide bonds. The van der Waals surface area contributed by atoms with Gasteiger partial charge in [-0.1, -0.05) is 6.92 Å². The maximum absolute atomic E-state index is 5.67. The third kappa shape index (κ3) is 3.05. The zero-order valence-corrected chi connectivity index (χ0v) is 11.8. The van der Waals surface area contributed by atoms with Gasteiger partial charge in [0.05, 0.1) is 18.0 Å². The highest BCUT2D eigenvalue weighted by Gasteiger charge is 2.16. The highest BCUT2D eigenvalue weighted by molar-refractivity contribution is 5.20. The predicted molar refractivity (Wildman–Crippen MR) is 74.5 cm³/mol. The van der Waals surface area contributed by atoms with Gasteiger partial charge in [-0.2, -0.15) is 5.10 Å². The largest absolute Gasteiger partial charge is 0.469 e. The molecule has 5 nitrogen and oxygen atoms in total. The molecule has 0 aliphatic rings. The number of nitrogens with two attached hydrogens (primary N) is 1. The number of aryl methyl sites for hydroxylation is 3. The van der Waals surface area contributed by atoms with Gasteiger partial charge >= 0.3 is 0 Å². The summed E-state index contributed by atoms with van der Waals surface area (Å²) in [6, 6.07) is 4.21. The lowest BCUT2D eigenvalue weighted by Gasteiger charge is -2.14. The average molecular weight is 262 g/mol. The third-order valence-electron chi connectivity index (χ3n) is 3.34. The summed E-state index contributed by atoms with van der Waals surface area (Å²) in [7, 11) is 0. The Morgan fingerprint density at radius 3 is 2.74 bits per heavy atom. The molecule has 0 fully saturated rings. The Balaban J connectivity index is 2.20. The SMILES string of the molecule is CCc1cc(CC(NN)c2coc(C)c2)n(CC)n1. The second-order valence-electron chi connectivity index (χ2n) is 4.71. The first kappa shape index (κ1) is 13.8. The normalized spacial score (nSPS) is 12.8. The van der Waals surface area contributed by atoms with Gasteiger partial charge in [-0.25, -0.2) is 0 Å². The van der Waals surface area contributed by atoms with E-state index in [2.05, 4.69) is 30.4 Å². The lowest BCUT2D eigenvalue weighted by Crippen LogP contribution is -2.30. The number of nitrogens with one attached hydrogen (secondary N) is 1. The fourth-order valence-corrected chi connectivity index (χ4v) is 2.25. The lowest BCUT2D eigenvalue weighted by atomic mass is 10.1. The van der Waals surface area contributed by atoms with Crippen molar-refractivity contribution < 1.29 is 4.42 Å². The standard InChI is InChI=1S/C14H22N4O/c1-4-12-7-13(18(5-2)17-12)8-14(16-15)11-6-10(3)19-9-11/h6-7,9,14,16H,4-5,8,15H2,1-3H3. The van der Waals surface area contributed by atoms with E-state index in [0.29, 0.717) is 0 Å². The maximum Gasteiger partial charge on any atom is 0.101 e. The van der Waals surface area contributed by atoms with Crippen LogP contribution in [0.5, 0.6) is 0 Å². The van der Waals surface area contributed by atoms with E-state index in [1.165, 1.54) is 5.69 Å². The molecule has 0 aliphatic carbocycles. The molecule has 0 radical (unpaired) electrons. The smallest absolute Gasteiger partial charge is 0.101 e. The van der Waals surface area contributed by atoms with Crippen LogP contribution in [0.2, 0.25) is 0 Å². The van der Waals surface area contributed by atoms with Crippen molar-refractivity contribution in [3.63, 3.8) is 0 Å². The van der Waals surface area contributed by atoms with Crippen molar-refractivity contribution in [2.75, 3.05) is 0 Å². The number of rotatable bonds is 6. The van der Waals surface area contributed by atoms with Crippen molar-refractivity contribution in [3.8, 4) is 0 Å². The molecule has 2 rings (SSSR count). The molecule has 0 saturated heterocycles. The minimum absolute atomic E-state index is 0.0455. The van der Waals surface area contributed by atoms with Gasteiger partial charge in [0.1, 0.15) is 5.76 Å². The summed E-state index contributed by atoms with van der Waals surface area (Å²) in [4.78, 5) is 0. The van der Waals surface area contributed by atoms with Crippen molar-refractivity contribution in [3.05, 3.63) is 41.1 Å². The summed E-state index contributed by atoms with van der Waals surface area (Å²) >= 11 is 0. The predicted octanol–water partition coefficient (Wildman–Crippen LogP) is 2.11. The molecule has 0 bridgehead atoms. The number of hydrazine groups is 1. The number of hydrogen-bond acceptors (Lipinski definition) is 4. The molecule has 1 unspecified atom stereocenters. The van der Waals surface area contributed by atoms with E-state index < -0.39 is 0 Å². The van der Waals surface area contributed by atoms with Crippen LogP contribution in [-0.4, -0.2) is 9.78 Å². The van der Waals surface area contributed by atoms with Gasteiger partial charge in [0.15, 0.2) is 0 Å². The third-order valence-corrected chi connectivity index (χ3v) is 3.34. The van der Waals surface area contributed by atoms with Gasteiger partial charge in [-0.3, -0.25) is 16.0 Å². The molecule has 104 valence electrons. The zero-order valence-electron chi connectivity index (χ0n) is 11.8. The first-order chi connectivity index (χ1) is 9.17. The van der Waals surface area contributed by atoms with Crippen LogP contribution in [0.1, 0.15) is 42.6 Å². The van der Waals surface area contributed by atoms with Crippen LogP contribution in [0.25, 0.3) is 0 Å². The van der Waals surface area contributed by atoms with Gasteiger partial charge in [-0.15, -0.1) is 0 Å². The quantitative estimate of drug-likeness (QED) is 0.618. The van der Waals surface area contributed by atoms with Crippen LogP contribution >= 0.6 is 0 Å². The average Bonchev–Trinajstić information content (AvgIpc) is 3.01. The van der Waals surface area contributed by atoms with E-state index in [1.807, 2.05) is 17.7 Å². The summed E-state index contributed by atoms with van der Waals surface area (Å²) < 4.78 is 7.39. The lowest BCUT2D eigenvalue weighted by molar-refractivity contribution is 0.498. The van der Waals surface area contributed by atoms with Gasteiger partial charge in [0.25, 0.3) is 0 Å². The molecule has 0 spiro atoms. The van der Waals surface area contributed by atoms with Gasteiger partial charge in [-0.05, 0) is 32.4 Å². The molecular weight excluding hydrogens is 240 g/mol. The summed E-state index contributed by atoms with van der Waals surface area (Å²) in [6.45, 7) is 7.02. The van der Waals surface area contributed by atoms with E-state index in [0.717, 1.165) is 36.4 Å². The fourth-order valence-electron chi connectivity index (χ4n) is 2.25. The Hall–Kier alpha value is -1.59. The second kappa shape index (κ2) is 6.04. The van der Waals surface area contributed by atoms with Crippen LogP contribution in [0.4, 0.5) is 0 Å². The Morgan fingerprint density at radius 1 is 1.42 bits per heavy atom. The summed E-state index contributed by atoms with van der Waals surface area (Å²) in [5.74, 6) is 6.57. The second-order valence-corrected chi connectivity index (χ2v) is 4.71. The van der Waals surface area contributed by atoms with E-state index in [1.54, 1.807) is 6.26 Å². The molecule has 3 N–H and O–H groups in total. The van der Waals surface area contributed by atoms with E-state index in [4.69, 9.17) is 10.3 Å². The first-order valence-corrected chi connectivity index (χ1v) is 6.74. The highest BCUT2D eigenvalue weighted by Crippen LogP contribution is 2.20. The van der Waals surface area contributed by atoms with Crippen LogP contribution in [-0.2, 0) is 19.4 Å². The Bertz CT molecular complexity index is 529. The van der Waals surface area contributed by atoms with Gasteiger partial charge in [0, 0.05) is 24.2 Å². The number of furan rings is 1. The zero-order chi connectivity index (χ0) is 13.8. The van der Waals surface area contributed by atoms with Crippen LogP contribution in [0.3, 0.4) is 0 Å². The summed E-state index contributed by atoms with van der Waals surface area (Å²) in [6.07, 6.45) is 3.51. The molecule has 2 aromatic heterocycles. The number of aromatic nitrogens is 2. The fraction of sp³-hybridized carbons (Fsp3) is 0.500. The van der Waals surface area contributed by atoms with Crippen molar-refractivity contribution in [1.82, 2.24) is 15.2 Å². The Labute approximate surface area is 113 Å². The summed E-state index contributed by atoms with van der Waals surface area (Å²) in [5, 5.41) is 4.56. The Kier molecular flexibility index (Phi) is 4.39. The van der Waals surface area contributed by atoms with Crippen molar-refractivity contribution in [2.45, 2.75) is 46.2 Å². The van der Waals surface area contributed by atoms with E-state index in [9.17, 15) is 0 Å². The monoisotopic (exact) mass is 262 g/mol. The van der Waals surface area contributed by atoms with Crippen LogP contribution in [0.15, 0.2) is 22.8 Å². The van der Waals surface area contributed by atoms with E-state index >= 15 is 0 Å². The molecule has 2 heterocycles. The molecule has 5 heteroatoms. The molecule has 2 aromatic rings. The van der Waals surface area contributed by atoms with Crippen LogP contribution < -0.4 is 11.3 Å². The number of nitrogens with zero attached hydrogens (tertiary/aromatic N) is 2. The molecular formula is C14H22N4O. The highest BCUT2D eigenvalue weighted by atomic mass is 16.3. The molecule has 0 aromatic carbocycles. The summed E-state index contributed by atoms with van der Waals surface area (Å²) in [5.41, 5.74) is 6.25. The van der Waals surface area contributed by atoms with E-state index in [-0.39, 0.29) is 6.04 Å². The van der Waals surface area contributed by atoms with Gasteiger partial charge < -0.3 is 4.42 Å². The molecule has 1 atom stereocenters. The topological polar surface area (TPSA) is 69.0 Å². The van der Waals surface area contributed by atoms with Gasteiger partial charge in [0.2, 0.25) is 0 Å². The van der Waals surface area contributed by atoms with Crippen LogP contribution in [0, 0.1) is 6.92 Å². The van der Waals surface area contributed by atoms with Crippen molar-refractivity contribution >= 4 is 0 Å². The Morgan fingerprint density at radius 2 is 2.21 bits per heavy atom. The number of hydrogen-bond donors (Lipinski definition) is 2. The van der Waals surface area contributed by atoms with Crippen molar-refractivity contribution in [2.24, 2.45) is 5.84 Å². The molecule has 0 aliphatic heterocycles. The molecule has 0 saturated carbocycles. The molecule has 19 heavy (non-hydrogen) atoms.